The minimum atomic E-state index is -4.42. The highest BCUT2D eigenvalue weighted by Crippen LogP contribution is 2.33. The van der Waals surface area contributed by atoms with E-state index >= 15 is 0 Å². The first-order valence-corrected chi connectivity index (χ1v) is 16.2. The first-order valence-electron chi connectivity index (χ1n) is 14.6. The molecule has 8 nitrogen and oxygen atoms in total. The Morgan fingerprint density at radius 3 is 2.44 bits per heavy atom. The van der Waals surface area contributed by atoms with Crippen LogP contribution < -0.4 is 20.5 Å². The van der Waals surface area contributed by atoms with E-state index in [2.05, 4.69) is 27.4 Å². The Kier molecular flexibility index (Phi) is 9.44. The lowest BCUT2D eigenvalue weighted by molar-refractivity contribution is -0.140. The number of benzene rings is 2. The number of hydrogen-bond donors (Lipinski definition) is 3. The Morgan fingerprint density at radius 2 is 1.77 bits per heavy atom. The van der Waals surface area contributed by atoms with Crippen molar-refractivity contribution in [3.63, 3.8) is 0 Å². The molecule has 12 heteroatoms. The predicted molar refractivity (Wildman–Crippen MR) is 163 cm³/mol. The average Bonchev–Trinajstić information content (AvgIpc) is 3.32. The van der Waals surface area contributed by atoms with Crippen molar-refractivity contribution in [2.24, 2.45) is 5.14 Å². The number of nitrogens with two attached hydrogens (primary N) is 1. The number of sulfonamides is 1. The molecule has 1 saturated carbocycles. The van der Waals surface area contributed by atoms with Crippen molar-refractivity contribution in [1.29, 1.82) is 0 Å². The van der Waals surface area contributed by atoms with Crippen LogP contribution in [0.3, 0.4) is 0 Å². The van der Waals surface area contributed by atoms with Gasteiger partial charge in [0.2, 0.25) is 10.0 Å². The fraction of sp³-hybridized carbons (Fsp3) is 0.484. The summed E-state index contributed by atoms with van der Waals surface area (Å²) in [5.74, 6) is 6.05. The zero-order valence-electron chi connectivity index (χ0n) is 24.2. The molecule has 1 aliphatic heterocycles. The van der Waals surface area contributed by atoms with Gasteiger partial charge in [0.05, 0.1) is 35.4 Å². The molecular weight excluding hydrogens is 579 g/mol. The lowest BCUT2D eigenvalue weighted by Gasteiger charge is -2.39. The fourth-order valence-electron chi connectivity index (χ4n) is 6.22. The number of ether oxygens (including phenoxy) is 1. The van der Waals surface area contributed by atoms with Gasteiger partial charge in [-0.25, -0.2) is 13.6 Å². The van der Waals surface area contributed by atoms with E-state index in [0.29, 0.717) is 22.6 Å². The van der Waals surface area contributed by atoms with Crippen molar-refractivity contribution in [2.45, 2.75) is 74.6 Å². The van der Waals surface area contributed by atoms with Gasteiger partial charge in [-0.15, -0.1) is 0 Å². The van der Waals surface area contributed by atoms with Crippen LogP contribution in [0.25, 0.3) is 10.9 Å². The van der Waals surface area contributed by atoms with Gasteiger partial charge in [0.15, 0.2) is 0 Å². The smallest absolute Gasteiger partial charge is 0.406 e. The highest BCUT2D eigenvalue weighted by atomic mass is 32.2. The number of halogens is 3. The third kappa shape index (κ3) is 7.77. The van der Waals surface area contributed by atoms with Gasteiger partial charge in [0, 0.05) is 29.2 Å². The molecule has 43 heavy (non-hydrogen) atoms. The average molecular weight is 618 g/mol. The van der Waals surface area contributed by atoms with Gasteiger partial charge in [-0.05, 0) is 87.9 Å². The number of aromatic nitrogens is 1. The molecule has 2 fully saturated rings. The van der Waals surface area contributed by atoms with Crippen LogP contribution in [-0.4, -0.2) is 62.9 Å². The summed E-state index contributed by atoms with van der Waals surface area (Å²) < 4.78 is 70.6. The van der Waals surface area contributed by atoms with Crippen LogP contribution in [0.15, 0.2) is 47.4 Å². The zero-order valence-corrected chi connectivity index (χ0v) is 25.0. The van der Waals surface area contributed by atoms with Crippen LogP contribution in [-0.2, 0) is 16.6 Å². The Bertz CT molecular complexity index is 1600. The fourth-order valence-corrected chi connectivity index (χ4v) is 6.75. The molecule has 5 rings (SSSR count). The third-order valence-corrected chi connectivity index (χ3v) is 9.24. The SMILES string of the molecule is COc1cc(S(N)(=O)=O)ccc1NCC#Cc1cc2c(NC3CCC(N4CCCCC4)CC3)cccc2n1CC(F)(F)F. The van der Waals surface area contributed by atoms with Crippen LogP contribution in [0.2, 0.25) is 0 Å². The molecule has 0 atom stereocenters. The van der Waals surface area contributed by atoms with E-state index in [-0.39, 0.29) is 28.9 Å². The normalized spacial score (nSPS) is 19.9. The predicted octanol–water partition coefficient (Wildman–Crippen LogP) is 5.53. The van der Waals surface area contributed by atoms with E-state index in [4.69, 9.17) is 9.88 Å². The Hall–Kier alpha value is -3.40. The molecule has 0 radical (unpaired) electrons. The number of rotatable bonds is 8. The topological polar surface area (TPSA) is 102 Å². The molecule has 1 saturated heterocycles. The van der Waals surface area contributed by atoms with Crippen molar-refractivity contribution in [3.05, 3.63) is 48.2 Å². The van der Waals surface area contributed by atoms with Crippen molar-refractivity contribution in [1.82, 2.24) is 9.47 Å². The van der Waals surface area contributed by atoms with Crippen molar-refractivity contribution >= 4 is 32.3 Å². The molecule has 2 aliphatic rings. The molecule has 232 valence electrons. The molecule has 0 spiro atoms. The lowest BCUT2D eigenvalue weighted by atomic mass is 9.89. The molecule has 2 aromatic carbocycles. The van der Waals surface area contributed by atoms with Crippen LogP contribution in [0.1, 0.15) is 50.6 Å². The standard InChI is InChI=1S/C31H38F3N5O3S/c1-42-30-20-25(43(35,40)41)14-15-28(30)36-16-6-7-24-19-26-27(8-5-9-29(26)39(24)21-31(32,33)34)37-22-10-12-23(13-11-22)38-17-3-2-4-18-38/h5,8-9,14-15,19-20,22-23,36-37H,2-4,10-13,16-18,21H2,1H3,(H2,35,40,41). The second-order valence-electron chi connectivity index (χ2n) is 11.3. The molecule has 1 aromatic heterocycles. The minimum Gasteiger partial charge on any atom is -0.495 e. The minimum absolute atomic E-state index is 0.0873. The van der Waals surface area contributed by atoms with Crippen LogP contribution >= 0.6 is 0 Å². The van der Waals surface area contributed by atoms with E-state index < -0.39 is 22.7 Å². The van der Waals surface area contributed by atoms with Crippen LogP contribution in [0, 0.1) is 11.8 Å². The van der Waals surface area contributed by atoms with Gasteiger partial charge < -0.3 is 24.8 Å². The van der Waals surface area contributed by atoms with Crippen LogP contribution in [0.5, 0.6) is 5.75 Å². The Balaban J connectivity index is 1.33. The number of primary sulfonamides is 1. The summed E-state index contributed by atoms with van der Waals surface area (Å²) in [6, 6.07) is 12.2. The van der Waals surface area contributed by atoms with Gasteiger partial charge in [0.1, 0.15) is 12.3 Å². The quantitative estimate of drug-likeness (QED) is 0.288. The first kappa shape index (κ1) is 31.0. The van der Waals surface area contributed by atoms with Gasteiger partial charge in [-0.3, -0.25) is 0 Å². The number of hydrogen-bond acceptors (Lipinski definition) is 6. The van der Waals surface area contributed by atoms with E-state index in [0.717, 1.165) is 31.4 Å². The number of fused-ring (bicyclic) bond motifs is 1. The summed E-state index contributed by atoms with van der Waals surface area (Å²) >= 11 is 0. The first-order chi connectivity index (χ1) is 20.5. The largest absolute Gasteiger partial charge is 0.495 e. The third-order valence-electron chi connectivity index (χ3n) is 8.33. The summed E-state index contributed by atoms with van der Waals surface area (Å²) in [6.07, 6.45) is 3.76. The van der Waals surface area contributed by atoms with E-state index in [1.807, 2.05) is 6.07 Å². The number of alkyl halides is 3. The number of anilines is 2. The lowest BCUT2D eigenvalue weighted by Crippen LogP contribution is -2.43. The van der Waals surface area contributed by atoms with Crippen LogP contribution in [0.4, 0.5) is 24.5 Å². The molecule has 0 amide bonds. The van der Waals surface area contributed by atoms with E-state index in [9.17, 15) is 21.6 Å². The van der Waals surface area contributed by atoms with Gasteiger partial charge in [-0.2, -0.15) is 13.2 Å². The number of nitrogens with one attached hydrogen (secondary N) is 2. The maximum absolute atomic E-state index is 13.6. The second kappa shape index (κ2) is 13.1. The molecular formula is C31H38F3N5O3S. The van der Waals surface area contributed by atoms with E-state index in [1.165, 1.54) is 62.2 Å². The summed E-state index contributed by atoms with van der Waals surface area (Å²) in [7, 11) is -2.51. The monoisotopic (exact) mass is 617 g/mol. The number of likely N-dealkylation sites (tertiary alicyclic amines) is 1. The Morgan fingerprint density at radius 1 is 1.02 bits per heavy atom. The molecule has 1 aliphatic carbocycles. The number of nitrogens with zero attached hydrogens (tertiary/aromatic N) is 2. The number of piperidine rings is 1. The highest BCUT2D eigenvalue weighted by Gasteiger charge is 2.30. The van der Waals surface area contributed by atoms with Crippen molar-refractivity contribution in [3.8, 4) is 17.6 Å². The van der Waals surface area contributed by atoms with Crippen molar-refractivity contribution in [2.75, 3.05) is 37.4 Å². The van der Waals surface area contributed by atoms with E-state index in [1.54, 1.807) is 18.2 Å². The molecule has 2 heterocycles. The van der Waals surface area contributed by atoms with Crippen molar-refractivity contribution < 1.29 is 26.3 Å². The number of methoxy groups -OCH3 is 1. The summed E-state index contributed by atoms with van der Waals surface area (Å²) in [4.78, 5) is 2.53. The maximum atomic E-state index is 13.6. The van der Waals surface area contributed by atoms with Gasteiger partial charge in [-0.1, -0.05) is 18.4 Å². The van der Waals surface area contributed by atoms with Gasteiger partial charge >= 0.3 is 6.18 Å². The molecule has 3 aromatic rings. The van der Waals surface area contributed by atoms with Gasteiger partial charge in [0.25, 0.3) is 0 Å². The maximum Gasteiger partial charge on any atom is 0.406 e. The highest BCUT2D eigenvalue weighted by molar-refractivity contribution is 7.89. The summed E-state index contributed by atoms with van der Waals surface area (Å²) in [6.45, 7) is 1.31. The molecule has 4 N–H and O–H groups in total. The summed E-state index contributed by atoms with van der Waals surface area (Å²) in [5, 5.41) is 12.6. The molecule has 0 unspecified atom stereocenters. The summed E-state index contributed by atoms with van der Waals surface area (Å²) in [5.41, 5.74) is 2.03. The Labute approximate surface area is 250 Å². The second-order valence-corrected chi connectivity index (χ2v) is 12.8. The zero-order chi connectivity index (χ0) is 30.6. The molecule has 0 bridgehead atoms.